The average molecular weight is 643 g/mol. The Labute approximate surface area is 269 Å². The lowest BCUT2D eigenvalue weighted by molar-refractivity contribution is 0.370. The summed E-state index contributed by atoms with van der Waals surface area (Å²) >= 11 is 0. The minimum absolute atomic E-state index is 0.00526. The number of pyridine rings is 2. The number of aromatic nitrogens is 8. The summed E-state index contributed by atoms with van der Waals surface area (Å²) in [4.78, 5) is 15.1. The smallest absolute Gasteiger partial charge is 0.222 e. The Morgan fingerprint density at radius 1 is 0.660 bits per heavy atom. The number of nitrogens with zero attached hydrogens (tertiary/aromatic N) is 8. The zero-order valence-corrected chi connectivity index (χ0v) is 25.5. The molecule has 242 valence electrons. The molecule has 0 saturated carbocycles. The summed E-state index contributed by atoms with van der Waals surface area (Å²) in [5.74, 6) is 0.377. The Hall–Kier alpha value is -5.92. The average Bonchev–Trinajstić information content (AvgIpc) is 3.79. The molecule has 0 radical (unpaired) electrons. The second-order valence-electron chi connectivity index (χ2n) is 10.1. The van der Waals surface area contributed by atoms with Gasteiger partial charge in [0.2, 0.25) is 23.7 Å². The monoisotopic (exact) mass is 642 g/mol. The van der Waals surface area contributed by atoms with Crippen molar-refractivity contribution in [3.05, 3.63) is 121 Å². The van der Waals surface area contributed by atoms with Gasteiger partial charge in [0.25, 0.3) is 0 Å². The zero-order valence-electron chi connectivity index (χ0n) is 25.5. The van der Waals surface area contributed by atoms with E-state index < -0.39 is 11.9 Å². The van der Waals surface area contributed by atoms with Gasteiger partial charge < -0.3 is 19.3 Å². The summed E-state index contributed by atoms with van der Waals surface area (Å²) in [6.45, 7) is 1.56. The molecule has 0 saturated heterocycles. The van der Waals surface area contributed by atoms with Gasteiger partial charge in [0.1, 0.15) is 25.3 Å². The van der Waals surface area contributed by atoms with Gasteiger partial charge in [-0.25, -0.2) is 9.97 Å². The predicted molar refractivity (Wildman–Crippen MR) is 166 cm³/mol. The van der Waals surface area contributed by atoms with Gasteiger partial charge in [0, 0.05) is 25.2 Å². The minimum Gasteiger partial charge on any atom is -0.504 e. The van der Waals surface area contributed by atoms with Gasteiger partial charge in [-0.1, -0.05) is 24.3 Å². The summed E-state index contributed by atoms with van der Waals surface area (Å²) in [5, 5.41) is 18.1. The molecule has 0 aliphatic heterocycles. The lowest BCUT2D eigenvalue weighted by Gasteiger charge is -2.11. The van der Waals surface area contributed by atoms with Crippen LogP contribution in [0.3, 0.4) is 0 Å². The van der Waals surface area contributed by atoms with Gasteiger partial charge in [-0.05, 0) is 73.2 Å². The van der Waals surface area contributed by atoms with E-state index in [1.54, 1.807) is 59.5 Å². The number of halogens is 2. The summed E-state index contributed by atoms with van der Waals surface area (Å²) < 4.78 is 46.1. The largest absolute Gasteiger partial charge is 0.504 e. The Balaban J connectivity index is 0.000000185. The van der Waals surface area contributed by atoms with Crippen molar-refractivity contribution in [1.29, 1.82) is 0 Å². The van der Waals surface area contributed by atoms with E-state index in [-0.39, 0.29) is 23.3 Å². The first-order chi connectivity index (χ1) is 22.9. The van der Waals surface area contributed by atoms with Crippen molar-refractivity contribution in [3.63, 3.8) is 0 Å². The molecule has 0 aliphatic rings. The van der Waals surface area contributed by atoms with Crippen LogP contribution < -0.4 is 14.2 Å². The van der Waals surface area contributed by atoms with Gasteiger partial charge in [0.15, 0.2) is 23.0 Å². The van der Waals surface area contributed by atoms with Crippen LogP contribution in [-0.2, 0) is 25.9 Å². The molecule has 1 N–H and O–H groups in total. The van der Waals surface area contributed by atoms with E-state index in [0.717, 1.165) is 49.9 Å². The van der Waals surface area contributed by atoms with Crippen molar-refractivity contribution in [3.8, 4) is 34.8 Å². The first-order valence-corrected chi connectivity index (χ1v) is 14.7. The van der Waals surface area contributed by atoms with Gasteiger partial charge >= 0.3 is 0 Å². The third-order valence-corrected chi connectivity index (χ3v) is 6.70. The number of methoxy groups -OCH3 is 1. The highest BCUT2D eigenvalue weighted by atomic mass is 19.1. The number of phenols is 1. The van der Waals surface area contributed by atoms with E-state index in [2.05, 4.69) is 30.1 Å². The molecule has 4 aromatic heterocycles. The Bertz CT molecular complexity index is 1840. The third kappa shape index (κ3) is 10.0. The Kier molecular flexibility index (Phi) is 11.3. The number of aryl methyl sites for hydroxylation is 4. The molecule has 0 fully saturated rings. The first-order valence-electron chi connectivity index (χ1n) is 14.7. The van der Waals surface area contributed by atoms with Crippen molar-refractivity contribution >= 4 is 0 Å². The molecule has 47 heavy (non-hydrogen) atoms. The Morgan fingerprint density at radius 2 is 1.19 bits per heavy atom. The highest BCUT2D eigenvalue weighted by Gasteiger charge is 2.10. The standard InChI is InChI=1S/C17H17FN4O2.C16H15FN4O2/c1-23-15-10-13(4-3-9-22-12-19-11-20-22)7-8-14(15)24-17-6-2-5-16(18)21-17;17-15-4-1-5-16(20-15)23-14-7-6-12(9-13(14)22)3-2-8-21-11-18-10-19-21/h2,5-8,10-12H,3-4,9H2,1H3;1,4-7,9-11,22H,2-3,8H2. The van der Waals surface area contributed by atoms with Crippen LogP contribution in [0.1, 0.15) is 24.0 Å². The number of hydrogen-bond acceptors (Lipinski definition) is 10. The van der Waals surface area contributed by atoms with Crippen LogP contribution in [0, 0.1) is 11.9 Å². The number of ether oxygens (including phenoxy) is 3. The fraction of sp³-hybridized carbons (Fsp3) is 0.212. The quantitative estimate of drug-likeness (QED) is 0.145. The fourth-order valence-corrected chi connectivity index (χ4v) is 4.46. The second kappa shape index (κ2) is 16.4. The van der Waals surface area contributed by atoms with Crippen LogP contribution in [0.25, 0.3) is 0 Å². The molecule has 0 atom stereocenters. The molecule has 2 aromatic carbocycles. The van der Waals surface area contributed by atoms with E-state index in [0.29, 0.717) is 11.5 Å². The maximum absolute atomic E-state index is 13.1. The highest BCUT2D eigenvalue weighted by molar-refractivity contribution is 5.45. The number of aromatic hydroxyl groups is 1. The summed E-state index contributed by atoms with van der Waals surface area (Å²) in [6, 6.07) is 19.5. The SMILES string of the molecule is COc1cc(CCCn2cncn2)ccc1Oc1cccc(F)n1.Oc1cc(CCCn2cncn2)ccc1Oc1cccc(F)n1. The topological polar surface area (TPSA) is 135 Å². The molecule has 0 aliphatic carbocycles. The van der Waals surface area contributed by atoms with Crippen molar-refractivity contribution in [2.45, 2.75) is 38.8 Å². The van der Waals surface area contributed by atoms with Crippen LogP contribution in [-0.4, -0.2) is 51.7 Å². The lowest BCUT2D eigenvalue weighted by atomic mass is 10.1. The van der Waals surface area contributed by atoms with Crippen LogP contribution in [0.2, 0.25) is 0 Å². The zero-order chi connectivity index (χ0) is 32.8. The maximum Gasteiger partial charge on any atom is 0.222 e. The summed E-state index contributed by atoms with van der Waals surface area (Å²) in [5.41, 5.74) is 2.09. The molecule has 0 unspecified atom stereocenters. The molecule has 0 amide bonds. The molecule has 0 spiro atoms. The van der Waals surface area contributed by atoms with Crippen LogP contribution in [0.15, 0.2) is 98.1 Å². The number of hydrogen-bond donors (Lipinski definition) is 1. The number of rotatable bonds is 13. The van der Waals surface area contributed by atoms with Crippen molar-refractivity contribution in [2.24, 2.45) is 0 Å². The molecular formula is C33H32F2N8O4. The molecule has 6 rings (SSSR count). The van der Waals surface area contributed by atoms with E-state index in [4.69, 9.17) is 14.2 Å². The van der Waals surface area contributed by atoms with Gasteiger partial charge in [-0.3, -0.25) is 9.36 Å². The molecule has 12 nitrogen and oxygen atoms in total. The van der Waals surface area contributed by atoms with Crippen LogP contribution in [0.5, 0.6) is 34.8 Å². The molecule has 4 heterocycles. The van der Waals surface area contributed by atoms with Gasteiger partial charge in [-0.2, -0.15) is 28.9 Å². The summed E-state index contributed by atoms with van der Waals surface area (Å²) in [7, 11) is 1.57. The molecule has 14 heteroatoms. The van der Waals surface area contributed by atoms with E-state index in [1.165, 1.54) is 36.9 Å². The normalized spacial score (nSPS) is 10.6. The minimum atomic E-state index is -0.633. The van der Waals surface area contributed by atoms with Crippen LogP contribution >= 0.6 is 0 Å². The third-order valence-electron chi connectivity index (χ3n) is 6.70. The number of benzene rings is 2. The van der Waals surface area contributed by atoms with Crippen molar-refractivity contribution in [1.82, 2.24) is 39.5 Å². The lowest BCUT2D eigenvalue weighted by Crippen LogP contribution is -2.00. The van der Waals surface area contributed by atoms with Crippen molar-refractivity contribution < 1.29 is 28.1 Å². The first kappa shape index (κ1) is 32.5. The summed E-state index contributed by atoms with van der Waals surface area (Å²) in [6.07, 6.45) is 9.84. The van der Waals surface area contributed by atoms with Gasteiger partial charge in [-0.15, -0.1) is 0 Å². The Morgan fingerprint density at radius 3 is 1.68 bits per heavy atom. The molecular weight excluding hydrogens is 610 g/mol. The predicted octanol–water partition coefficient (Wildman–Crippen LogP) is 6.19. The van der Waals surface area contributed by atoms with E-state index in [9.17, 15) is 13.9 Å². The van der Waals surface area contributed by atoms with E-state index in [1.807, 2.05) is 18.2 Å². The number of phenolic OH excluding ortho intramolecular Hbond substituents is 1. The van der Waals surface area contributed by atoms with E-state index >= 15 is 0 Å². The molecule has 6 aromatic rings. The highest BCUT2D eigenvalue weighted by Crippen LogP contribution is 2.32. The fourth-order valence-electron chi connectivity index (χ4n) is 4.46. The van der Waals surface area contributed by atoms with Crippen LogP contribution in [0.4, 0.5) is 8.78 Å². The van der Waals surface area contributed by atoms with Crippen molar-refractivity contribution in [2.75, 3.05) is 7.11 Å². The van der Waals surface area contributed by atoms with Gasteiger partial charge in [0.05, 0.1) is 7.11 Å². The second-order valence-corrected chi connectivity index (χ2v) is 10.1. The maximum atomic E-state index is 13.1. The molecule has 0 bridgehead atoms.